The minimum atomic E-state index is 0.569. The fourth-order valence-electron chi connectivity index (χ4n) is 0.743. The molecule has 7 heavy (non-hydrogen) atoms. The lowest BCUT2D eigenvalue weighted by molar-refractivity contribution is -0.865. The molecule has 0 aromatic carbocycles. The van der Waals surface area contributed by atoms with Crippen LogP contribution in [0.1, 0.15) is 6.42 Å². The first-order chi connectivity index (χ1) is 3.21. The third-order valence-electron chi connectivity index (χ3n) is 1.22. The van der Waals surface area contributed by atoms with E-state index in [2.05, 4.69) is 6.08 Å². The number of quaternary nitrogens is 1. The van der Waals surface area contributed by atoms with Crippen molar-refractivity contribution in [2.45, 2.75) is 6.42 Å². The third-order valence-corrected chi connectivity index (χ3v) is 1.22. The average Bonchev–Trinajstić information content (AvgIpc) is 1.84. The van der Waals surface area contributed by atoms with Crippen molar-refractivity contribution in [3.63, 3.8) is 0 Å². The molecule has 0 fully saturated rings. The Hall–Kier alpha value is -0.340. The first kappa shape index (κ1) is 4.81. The van der Waals surface area contributed by atoms with Gasteiger partial charge in [-0.2, -0.15) is 5.84 Å². The SMILES string of the molecule is C[N+]1(N)C=CCC1. The lowest BCUT2D eigenvalue weighted by Crippen LogP contribution is -2.43. The lowest BCUT2D eigenvalue weighted by atomic mass is 10.5. The molecule has 0 amide bonds. The molecule has 0 aromatic rings. The first-order valence-corrected chi connectivity index (χ1v) is 2.52. The van der Waals surface area contributed by atoms with Gasteiger partial charge in [-0.25, -0.2) is 4.59 Å². The van der Waals surface area contributed by atoms with Gasteiger partial charge in [-0.3, -0.25) is 0 Å². The van der Waals surface area contributed by atoms with E-state index in [0.717, 1.165) is 13.0 Å². The fraction of sp³-hybridized carbons (Fsp3) is 0.600. The van der Waals surface area contributed by atoms with Crippen LogP contribution in [0.5, 0.6) is 0 Å². The van der Waals surface area contributed by atoms with Crippen molar-refractivity contribution >= 4 is 0 Å². The summed E-state index contributed by atoms with van der Waals surface area (Å²) in [6.45, 7) is 1.06. The summed E-state index contributed by atoms with van der Waals surface area (Å²) in [5.41, 5.74) is 0. The zero-order chi connectivity index (χ0) is 5.33. The molecular weight excluding hydrogens is 88.1 g/mol. The molecule has 1 aliphatic heterocycles. The summed E-state index contributed by atoms with van der Waals surface area (Å²) >= 11 is 0. The zero-order valence-corrected chi connectivity index (χ0v) is 4.59. The Labute approximate surface area is 43.8 Å². The van der Waals surface area contributed by atoms with E-state index in [9.17, 15) is 0 Å². The fourth-order valence-corrected chi connectivity index (χ4v) is 0.743. The van der Waals surface area contributed by atoms with E-state index in [1.54, 1.807) is 0 Å². The van der Waals surface area contributed by atoms with Crippen molar-refractivity contribution in [3.05, 3.63) is 12.3 Å². The van der Waals surface area contributed by atoms with Gasteiger partial charge in [0, 0.05) is 6.42 Å². The molecule has 1 unspecified atom stereocenters. The Morgan fingerprint density at radius 3 is 2.57 bits per heavy atom. The number of nitrogens with two attached hydrogens (primary N) is 1. The van der Waals surface area contributed by atoms with Gasteiger partial charge < -0.3 is 0 Å². The predicted octanol–water partition coefficient (Wildman–Crippen LogP) is 0.224. The maximum Gasteiger partial charge on any atom is 0.111 e. The molecule has 1 rings (SSSR count). The minimum Gasteiger partial charge on any atom is -0.225 e. The van der Waals surface area contributed by atoms with Gasteiger partial charge in [0.25, 0.3) is 0 Å². The second kappa shape index (κ2) is 1.32. The maximum atomic E-state index is 5.63. The van der Waals surface area contributed by atoms with Crippen LogP contribution in [0.15, 0.2) is 12.3 Å². The summed E-state index contributed by atoms with van der Waals surface area (Å²) in [5.74, 6) is 5.63. The van der Waals surface area contributed by atoms with E-state index in [1.807, 2.05) is 13.2 Å². The molecule has 0 aromatic heterocycles. The molecule has 1 heterocycles. The predicted molar refractivity (Wildman–Crippen MR) is 29.0 cm³/mol. The summed E-state index contributed by atoms with van der Waals surface area (Å²) in [6.07, 6.45) is 5.26. The highest BCUT2D eigenvalue weighted by Gasteiger charge is 2.15. The molecule has 0 aliphatic carbocycles. The van der Waals surface area contributed by atoms with Gasteiger partial charge in [0.2, 0.25) is 0 Å². The van der Waals surface area contributed by atoms with Gasteiger partial charge in [0.05, 0.1) is 7.05 Å². The molecule has 0 spiro atoms. The highest BCUT2D eigenvalue weighted by molar-refractivity contribution is 4.78. The number of rotatable bonds is 0. The molecule has 0 saturated heterocycles. The van der Waals surface area contributed by atoms with Gasteiger partial charge in [0.1, 0.15) is 12.7 Å². The van der Waals surface area contributed by atoms with Gasteiger partial charge in [-0.1, -0.05) is 0 Å². The largest absolute Gasteiger partial charge is 0.225 e. The van der Waals surface area contributed by atoms with Crippen molar-refractivity contribution in [2.75, 3.05) is 13.6 Å². The number of hydrogen-bond donors (Lipinski definition) is 1. The van der Waals surface area contributed by atoms with E-state index < -0.39 is 0 Å². The van der Waals surface area contributed by atoms with E-state index in [-0.39, 0.29) is 0 Å². The molecule has 0 radical (unpaired) electrons. The molecule has 2 nitrogen and oxygen atoms in total. The molecule has 1 atom stereocenters. The van der Waals surface area contributed by atoms with Crippen molar-refractivity contribution in [1.29, 1.82) is 0 Å². The molecule has 2 heteroatoms. The van der Waals surface area contributed by atoms with E-state index >= 15 is 0 Å². The van der Waals surface area contributed by atoms with Crippen LogP contribution in [-0.2, 0) is 0 Å². The van der Waals surface area contributed by atoms with Crippen LogP contribution in [-0.4, -0.2) is 18.2 Å². The highest BCUT2D eigenvalue weighted by atomic mass is 15.6. The van der Waals surface area contributed by atoms with Gasteiger partial charge in [-0.15, -0.1) is 0 Å². The third kappa shape index (κ3) is 1.01. The van der Waals surface area contributed by atoms with E-state index in [4.69, 9.17) is 5.84 Å². The Morgan fingerprint density at radius 2 is 2.43 bits per heavy atom. The monoisotopic (exact) mass is 99.1 g/mol. The second-order valence-electron chi connectivity index (χ2n) is 2.24. The van der Waals surface area contributed by atoms with Crippen LogP contribution in [0, 0.1) is 0 Å². The smallest absolute Gasteiger partial charge is 0.111 e. The Bertz CT molecular complexity index is 94.3. The van der Waals surface area contributed by atoms with Crippen molar-refractivity contribution in [2.24, 2.45) is 5.84 Å². The quantitative estimate of drug-likeness (QED) is 0.341. The highest BCUT2D eigenvalue weighted by Crippen LogP contribution is 2.05. The molecule has 1 aliphatic rings. The Balaban J connectivity index is 2.57. The van der Waals surface area contributed by atoms with Crippen LogP contribution in [0.4, 0.5) is 0 Å². The Morgan fingerprint density at radius 1 is 1.71 bits per heavy atom. The topological polar surface area (TPSA) is 26.0 Å². The van der Waals surface area contributed by atoms with Crippen LogP contribution in [0.25, 0.3) is 0 Å². The summed E-state index contributed by atoms with van der Waals surface area (Å²) in [7, 11) is 1.99. The zero-order valence-electron chi connectivity index (χ0n) is 4.59. The van der Waals surface area contributed by atoms with Crippen LogP contribution >= 0.6 is 0 Å². The molecule has 0 bridgehead atoms. The number of hydrogen-bond acceptors (Lipinski definition) is 1. The normalized spacial score (nSPS) is 39.7. The maximum absolute atomic E-state index is 5.63. The summed E-state index contributed by atoms with van der Waals surface area (Å²) in [6, 6.07) is 0. The average molecular weight is 99.2 g/mol. The van der Waals surface area contributed by atoms with Crippen LogP contribution in [0.3, 0.4) is 0 Å². The van der Waals surface area contributed by atoms with Gasteiger partial charge in [-0.05, 0) is 6.08 Å². The standard InChI is InChI=1S/C5H11N2/c1-7(6)4-2-3-5-7/h2,4H,3,5-6H2,1H3/q+1. The van der Waals surface area contributed by atoms with Gasteiger partial charge in [0.15, 0.2) is 0 Å². The summed E-state index contributed by atoms with van der Waals surface area (Å²) < 4.78 is 0.569. The van der Waals surface area contributed by atoms with E-state index in [1.165, 1.54) is 0 Å². The molecule has 2 N–H and O–H groups in total. The lowest BCUT2D eigenvalue weighted by Gasteiger charge is -2.16. The molecule has 0 saturated carbocycles. The van der Waals surface area contributed by atoms with Crippen molar-refractivity contribution < 1.29 is 4.59 Å². The van der Waals surface area contributed by atoms with Crippen molar-refractivity contribution in [1.82, 2.24) is 0 Å². The van der Waals surface area contributed by atoms with Crippen LogP contribution < -0.4 is 5.84 Å². The van der Waals surface area contributed by atoms with Crippen molar-refractivity contribution in [3.8, 4) is 0 Å². The second-order valence-corrected chi connectivity index (χ2v) is 2.24. The molecular formula is C5H11N2+. The summed E-state index contributed by atoms with van der Waals surface area (Å²) in [4.78, 5) is 0. The minimum absolute atomic E-state index is 0.569. The molecule has 40 valence electrons. The van der Waals surface area contributed by atoms with Gasteiger partial charge >= 0.3 is 0 Å². The van der Waals surface area contributed by atoms with E-state index in [0.29, 0.717) is 4.59 Å². The Kier molecular flexibility index (Phi) is 0.905. The number of nitrogens with zero attached hydrogens (tertiary/aromatic N) is 1. The summed E-state index contributed by atoms with van der Waals surface area (Å²) in [5, 5.41) is 0. The first-order valence-electron chi connectivity index (χ1n) is 2.52. The van der Waals surface area contributed by atoms with Crippen LogP contribution in [0.2, 0.25) is 0 Å².